The summed E-state index contributed by atoms with van der Waals surface area (Å²) in [7, 11) is 0. The van der Waals surface area contributed by atoms with E-state index in [9.17, 15) is 9.90 Å². The van der Waals surface area contributed by atoms with Crippen molar-refractivity contribution in [3.63, 3.8) is 0 Å². The molecule has 1 atom stereocenters. The highest BCUT2D eigenvalue weighted by atomic mass is 16.5. The Balaban J connectivity index is 2.63. The summed E-state index contributed by atoms with van der Waals surface area (Å²) < 4.78 is 6.01. The molecule has 1 aliphatic heterocycles. The lowest BCUT2D eigenvalue weighted by Gasteiger charge is -2.41. The molecule has 1 fully saturated rings. The van der Waals surface area contributed by atoms with Crippen molar-refractivity contribution in [1.82, 2.24) is 4.98 Å². The van der Waals surface area contributed by atoms with Gasteiger partial charge in [-0.3, -0.25) is 4.98 Å². The second kappa shape index (κ2) is 7.78. The molecule has 5 heteroatoms. The molecule has 1 aromatic rings. The van der Waals surface area contributed by atoms with Crippen LogP contribution in [-0.4, -0.2) is 34.8 Å². The molecule has 0 saturated carbocycles. The van der Waals surface area contributed by atoms with Crippen LogP contribution in [0.2, 0.25) is 0 Å². The topological polar surface area (TPSA) is 62.7 Å². The molecule has 1 aromatic heterocycles. The number of anilines is 1. The number of carboxylic acids is 1. The SMILES string of the molecule is CCc1c(C)nc(C)c(C(OC(C)(C)C)C(=O)O)c1N1CCC(C)(C)CC1. The quantitative estimate of drug-likeness (QED) is 0.797. The second-order valence-corrected chi connectivity index (χ2v) is 9.48. The summed E-state index contributed by atoms with van der Waals surface area (Å²) in [6.45, 7) is 18.2. The van der Waals surface area contributed by atoms with Gasteiger partial charge in [-0.05, 0) is 64.9 Å². The van der Waals surface area contributed by atoms with Crippen molar-refractivity contribution in [2.45, 2.75) is 86.4 Å². The minimum atomic E-state index is -1.02. The number of ether oxygens (including phenoxy) is 1. The van der Waals surface area contributed by atoms with Crippen LogP contribution in [0.15, 0.2) is 0 Å². The van der Waals surface area contributed by atoms with E-state index in [0.29, 0.717) is 5.41 Å². The van der Waals surface area contributed by atoms with E-state index < -0.39 is 17.7 Å². The van der Waals surface area contributed by atoms with Gasteiger partial charge in [-0.15, -0.1) is 0 Å². The van der Waals surface area contributed by atoms with Crippen LogP contribution in [0.4, 0.5) is 5.69 Å². The van der Waals surface area contributed by atoms with E-state index in [2.05, 4.69) is 25.7 Å². The van der Waals surface area contributed by atoms with Gasteiger partial charge >= 0.3 is 5.97 Å². The molecule has 1 saturated heterocycles. The predicted molar refractivity (Wildman–Crippen MR) is 110 cm³/mol. The van der Waals surface area contributed by atoms with Gasteiger partial charge in [-0.2, -0.15) is 0 Å². The lowest BCUT2D eigenvalue weighted by atomic mass is 9.82. The van der Waals surface area contributed by atoms with Gasteiger partial charge in [0.25, 0.3) is 0 Å². The first-order valence-corrected chi connectivity index (χ1v) is 10.0. The summed E-state index contributed by atoms with van der Waals surface area (Å²) in [4.78, 5) is 19.2. The van der Waals surface area contributed by atoms with Gasteiger partial charge < -0.3 is 14.7 Å². The van der Waals surface area contributed by atoms with E-state index in [1.165, 1.54) is 0 Å². The monoisotopic (exact) mass is 376 g/mol. The molecule has 2 heterocycles. The fraction of sp³-hybridized carbons (Fsp3) is 0.727. The summed E-state index contributed by atoms with van der Waals surface area (Å²) in [6, 6.07) is 0. The van der Waals surface area contributed by atoms with E-state index in [4.69, 9.17) is 9.72 Å². The number of carboxylic acid groups (broad SMARTS) is 1. The minimum Gasteiger partial charge on any atom is -0.479 e. The smallest absolute Gasteiger partial charge is 0.337 e. The van der Waals surface area contributed by atoms with E-state index in [1.54, 1.807) is 0 Å². The number of aromatic nitrogens is 1. The summed E-state index contributed by atoms with van der Waals surface area (Å²) in [6.07, 6.45) is 1.98. The van der Waals surface area contributed by atoms with Crippen molar-refractivity contribution >= 4 is 11.7 Å². The van der Waals surface area contributed by atoms with Crippen LogP contribution in [0, 0.1) is 19.3 Å². The van der Waals surface area contributed by atoms with Crippen molar-refractivity contribution in [3.05, 3.63) is 22.5 Å². The van der Waals surface area contributed by atoms with Gasteiger partial charge in [-0.1, -0.05) is 20.8 Å². The number of hydrogen-bond acceptors (Lipinski definition) is 4. The molecule has 1 aliphatic rings. The molecule has 0 bridgehead atoms. The Kier molecular flexibility index (Phi) is 6.25. The molecular formula is C22H36N2O3. The third-order valence-electron chi connectivity index (χ3n) is 5.45. The standard InChI is InChI=1S/C22H36N2O3/c1-9-16-14(2)23-15(3)17(19(20(25)26)27-21(4,5)6)18(16)24-12-10-22(7,8)11-13-24/h19H,9-13H2,1-8H3,(H,25,26). The number of piperidine rings is 1. The van der Waals surface area contributed by atoms with Crippen LogP contribution in [-0.2, 0) is 16.0 Å². The molecule has 152 valence electrons. The fourth-order valence-corrected chi connectivity index (χ4v) is 3.90. The van der Waals surface area contributed by atoms with E-state index in [-0.39, 0.29) is 0 Å². The van der Waals surface area contributed by atoms with Gasteiger partial charge in [0, 0.05) is 35.7 Å². The molecule has 5 nitrogen and oxygen atoms in total. The molecule has 0 aromatic carbocycles. The average molecular weight is 377 g/mol. The molecule has 0 spiro atoms. The van der Waals surface area contributed by atoms with E-state index >= 15 is 0 Å². The van der Waals surface area contributed by atoms with Crippen molar-refractivity contribution in [2.24, 2.45) is 5.41 Å². The highest BCUT2D eigenvalue weighted by Crippen LogP contribution is 2.41. The highest BCUT2D eigenvalue weighted by molar-refractivity contribution is 5.79. The maximum absolute atomic E-state index is 12.2. The minimum absolute atomic E-state index is 0.328. The third kappa shape index (κ3) is 5.01. The second-order valence-electron chi connectivity index (χ2n) is 9.48. The normalized spacial score (nSPS) is 18.4. The maximum atomic E-state index is 12.2. The first-order chi connectivity index (χ1) is 12.4. The zero-order valence-corrected chi connectivity index (χ0v) is 18.3. The van der Waals surface area contributed by atoms with Crippen molar-refractivity contribution in [3.8, 4) is 0 Å². The van der Waals surface area contributed by atoms with Gasteiger partial charge in [0.2, 0.25) is 0 Å². The Morgan fingerprint density at radius 3 is 2.22 bits per heavy atom. The summed E-state index contributed by atoms with van der Waals surface area (Å²) in [5.41, 5.74) is 4.40. The predicted octanol–water partition coefficient (Wildman–Crippen LogP) is 4.83. The Morgan fingerprint density at radius 1 is 1.22 bits per heavy atom. The van der Waals surface area contributed by atoms with Crippen LogP contribution in [0.1, 0.15) is 83.0 Å². The Labute approximate surface area is 164 Å². The number of hydrogen-bond donors (Lipinski definition) is 1. The number of rotatable bonds is 5. The Hall–Kier alpha value is -1.62. The largest absolute Gasteiger partial charge is 0.479 e. The van der Waals surface area contributed by atoms with E-state index in [0.717, 1.165) is 60.6 Å². The van der Waals surface area contributed by atoms with Crippen LogP contribution in [0.3, 0.4) is 0 Å². The summed E-state index contributed by atoms with van der Waals surface area (Å²) >= 11 is 0. The number of nitrogens with zero attached hydrogens (tertiary/aromatic N) is 2. The molecule has 1 N–H and O–H groups in total. The lowest BCUT2D eigenvalue weighted by molar-refractivity contribution is -0.160. The number of pyridine rings is 1. The maximum Gasteiger partial charge on any atom is 0.337 e. The Morgan fingerprint density at radius 2 is 1.78 bits per heavy atom. The van der Waals surface area contributed by atoms with Gasteiger partial charge in [0.15, 0.2) is 6.10 Å². The zero-order chi connectivity index (χ0) is 20.6. The molecule has 0 radical (unpaired) electrons. The highest BCUT2D eigenvalue weighted by Gasteiger charge is 2.35. The number of aliphatic carboxylic acids is 1. The Bertz CT molecular complexity index is 694. The molecule has 27 heavy (non-hydrogen) atoms. The fourth-order valence-electron chi connectivity index (χ4n) is 3.90. The number of aryl methyl sites for hydroxylation is 2. The van der Waals surface area contributed by atoms with Gasteiger partial charge in [0.1, 0.15) is 0 Å². The lowest BCUT2D eigenvalue weighted by Crippen LogP contribution is -2.39. The van der Waals surface area contributed by atoms with E-state index in [1.807, 2.05) is 34.6 Å². The van der Waals surface area contributed by atoms with Crippen LogP contribution in [0.25, 0.3) is 0 Å². The molecule has 0 amide bonds. The van der Waals surface area contributed by atoms with Crippen LogP contribution in [0.5, 0.6) is 0 Å². The first-order valence-electron chi connectivity index (χ1n) is 10.0. The van der Waals surface area contributed by atoms with Crippen molar-refractivity contribution in [2.75, 3.05) is 18.0 Å². The first kappa shape index (κ1) is 21.7. The molecule has 1 unspecified atom stereocenters. The van der Waals surface area contributed by atoms with Crippen LogP contribution >= 0.6 is 0 Å². The summed E-state index contributed by atoms with van der Waals surface area (Å²) in [5, 5.41) is 9.98. The molecular weight excluding hydrogens is 340 g/mol. The zero-order valence-electron chi connectivity index (χ0n) is 18.3. The van der Waals surface area contributed by atoms with Gasteiger partial charge in [-0.25, -0.2) is 4.79 Å². The third-order valence-corrected chi connectivity index (χ3v) is 5.45. The molecule has 0 aliphatic carbocycles. The van der Waals surface area contributed by atoms with Crippen LogP contribution < -0.4 is 4.90 Å². The van der Waals surface area contributed by atoms with Crippen molar-refractivity contribution in [1.29, 1.82) is 0 Å². The van der Waals surface area contributed by atoms with Gasteiger partial charge in [0.05, 0.1) is 5.60 Å². The molecule has 2 rings (SSSR count). The summed E-state index contributed by atoms with van der Waals surface area (Å²) in [5.74, 6) is -0.959. The average Bonchev–Trinajstić information content (AvgIpc) is 2.51. The van der Waals surface area contributed by atoms with Crippen molar-refractivity contribution < 1.29 is 14.6 Å². The number of carbonyl (C=O) groups is 1.